The molecule has 1 fully saturated rings. The molecule has 262 valence electrons. The molecule has 1 atom stereocenters. The minimum absolute atomic E-state index is 0.00537. The van der Waals surface area contributed by atoms with Gasteiger partial charge in [0.1, 0.15) is 11.9 Å². The van der Waals surface area contributed by atoms with Crippen LogP contribution >= 0.6 is 0 Å². The van der Waals surface area contributed by atoms with Gasteiger partial charge in [0.05, 0.1) is 17.6 Å². The highest BCUT2D eigenvalue weighted by Crippen LogP contribution is 2.26. The van der Waals surface area contributed by atoms with Gasteiger partial charge in [-0.15, -0.1) is 0 Å². The monoisotopic (exact) mass is 684 g/mol. The number of carbonyl (C=O) groups is 4. The number of nitrogens with zero attached hydrogens (tertiary/aromatic N) is 3. The van der Waals surface area contributed by atoms with Crippen molar-refractivity contribution in [2.45, 2.75) is 57.9 Å². The number of amides is 4. The van der Waals surface area contributed by atoms with E-state index >= 15 is 0 Å². The standard InChI is InChI=1S/C41H44N6O4/c1-2-24-46(38(49)22-18-29-11-5-3-6-12-29)28-37(48)42-32-16-9-15-31(26-32)40-44-34-21-20-33(27-35(34)45-40)43-41(51)36-17-10-25-47(36)39(50)23-19-30-13-7-4-8-14-30/h3-9,11-16,20-21,26-27,36H,2,10,17-19,22-25,28H2,1H3,(H,42,48)(H,43,51)(H,44,45)/t36-/m0/s1. The second-order valence-corrected chi connectivity index (χ2v) is 13.0. The minimum Gasteiger partial charge on any atom is -0.338 e. The fourth-order valence-electron chi connectivity index (χ4n) is 6.56. The molecule has 2 heterocycles. The van der Waals surface area contributed by atoms with E-state index in [4.69, 9.17) is 4.98 Å². The van der Waals surface area contributed by atoms with Crippen LogP contribution in [0.1, 0.15) is 50.2 Å². The topological polar surface area (TPSA) is 128 Å². The van der Waals surface area contributed by atoms with Gasteiger partial charge in [0.15, 0.2) is 0 Å². The van der Waals surface area contributed by atoms with Gasteiger partial charge in [0.2, 0.25) is 23.6 Å². The summed E-state index contributed by atoms with van der Waals surface area (Å²) >= 11 is 0. The maximum atomic E-state index is 13.3. The van der Waals surface area contributed by atoms with Gasteiger partial charge < -0.3 is 25.4 Å². The van der Waals surface area contributed by atoms with Gasteiger partial charge in [-0.05, 0) is 73.6 Å². The highest BCUT2D eigenvalue weighted by molar-refractivity contribution is 5.99. The molecule has 51 heavy (non-hydrogen) atoms. The predicted molar refractivity (Wildman–Crippen MR) is 200 cm³/mol. The van der Waals surface area contributed by atoms with Crippen molar-refractivity contribution in [1.82, 2.24) is 19.8 Å². The van der Waals surface area contributed by atoms with Crippen LogP contribution in [0.5, 0.6) is 0 Å². The Bertz CT molecular complexity index is 1980. The number of nitrogens with one attached hydrogen (secondary N) is 3. The summed E-state index contributed by atoms with van der Waals surface area (Å²) in [5.74, 6) is 0.0969. The summed E-state index contributed by atoms with van der Waals surface area (Å²) in [6, 6.07) is 32.1. The van der Waals surface area contributed by atoms with Crippen molar-refractivity contribution in [2.75, 3.05) is 30.3 Å². The number of aromatic amines is 1. The van der Waals surface area contributed by atoms with E-state index in [9.17, 15) is 19.2 Å². The van der Waals surface area contributed by atoms with Crippen LogP contribution in [-0.4, -0.2) is 69.1 Å². The van der Waals surface area contributed by atoms with Crippen molar-refractivity contribution >= 4 is 46.0 Å². The number of imidazole rings is 1. The molecule has 6 rings (SSSR count). The number of benzene rings is 4. The fourth-order valence-corrected chi connectivity index (χ4v) is 6.56. The number of carbonyl (C=O) groups excluding carboxylic acids is 4. The zero-order valence-corrected chi connectivity index (χ0v) is 28.9. The van der Waals surface area contributed by atoms with E-state index < -0.39 is 6.04 Å². The third kappa shape index (κ3) is 9.27. The van der Waals surface area contributed by atoms with Crippen LogP contribution in [0.4, 0.5) is 11.4 Å². The van der Waals surface area contributed by atoms with E-state index in [0.717, 1.165) is 40.6 Å². The van der Waals surface area contributed by atoms with E-state index in [1.54, 1.807) is 21.9 Å². The highest BCUT2D eigenvalue weighted by atomic mass is 16.2. The fraction of sp³-hybridized carbons (Fsp3) is 0.293. The predicted octanol–water partition coefficient (Wildman–Crippen LogP) is 6.60. The molecule has 0 saturated carbocycles. The molecular formula is C41H44N6O4. The lowest BCUT2D eigenvalue weighted by atomic mass is 10.1. The zero-order valence-electron chi connectivity index (χ0n) is 28.9. The quantitative estimate of drug-likeness (QED) is 0.122. The summed E-state index contributed by atoms with van der Waals surface area (Å²) in [5.41, 5.74) is 5.64. The number of aromatic nitrogens is 2. The molecule has 4 amide bonds. The van der Waals surface area contributed by atoms with Crippen LogP contribution < -0.4 is 10.6 Å². The molecule has 1 aliphatic heterocycles. The number of aryl methyl sites for hydroxylation is 2. The second kappa shape index (κ2) is 16.8. The van der Waals surface area contributed by atoms with Gasteiger partial charge in [-0.25, -0.2) is 4.98 Å². The van der Waals surface area contributed by atoms with Gasteiger partial charge in [-0.1, -0.05) is 79.7 Å². The van der Waals surface area contributed by atoms with Gasteiger partial charge in [-0.3, -0.25) is 19.2 Å². The molecule has 0 spiro atoms. The largest absolute Gasteiger partial charge is 0.338 e. The van der Waals surface area contributed by atoms with Gasteiger partial charge >= 0.3 is 0 Å². The average molecular weight is 685 g/mol. The van der Waals surface area contributed by atoms with Crippen LogP contribution in [0.3, 0.4) is 0 Å². The Hall–Kier alpha value is -5.77. The first kappa shape index (κ1) is 35.1. The van der Waals surface area contributed by atoms with E-state index in [0.29, 0.717) is 62.4 Å². The maximum absolute atomic E-state index is 13.3. The summed E-state index contributed by atoms with van der Waals surface area (Å²) in [6.07, 6.45) is 4.17. The van der Waals surface area contributed by atoms with E-state index in [1.807, 2.05) is 97.9 Å². The Labute approximate surface area is 298 Å². The van der Waals surface area contributed by atoms with Crippen molar-refractivity contribution in [3.8, 4) is 11.4 Å². The van der Waals surface area contributed by atoms with E-state index in [-0.39, 0.29) is 30.2 Å². The number of likely N-dealkylation sites (tertiary alicyclic amines) is 1. The van der Waals surface area contributed by atoms with E-state index in [2.05, 4.69) is 15.6 Å². The summed E-state index contributed by atoms with van der Waals surface area (Å²) in [4.78, 5) is 63.8. The van der Waals surface area contributed by atoms with Crippen LogP contribution in [0.2, 0.25) is 0 Å². The molecule has 0 unspecified atom stereocenters. The SMILES string of the molecule is CCCN(CC(=O)Nc1cccc(-c2nc3ccc(NC(=O)[C@@H]4CCCN4C(=O)CCc4ccccc4)cc3[nH]2)c1)C(=O)CCc1ccccc1. The number of H-pyrrole nitrogens is 1. The lowest BCUT2D eigenvalue weighted by Crippen LogP contribution is -2.43. The number of hydrogen-bond acceptors (Lipinski definition) is 5. The molecule has 3 N–H and O–H groups in total. The van der Waals surface area contributed by atoms with Crippen molar-refractivity contribution in [3.05, 3.63) is 114 Å². The smallest absolute Gasteiger partial charge is 0.247 e. The molecule has 1 aromatic heterocycles. The third-order valence-corrected chi connectivity index (χ3v) is 9.17. The molecule has 4 aromatic carbocycles. The molecule has 0 aliphatic carbocycles. The first-order valence-corrected chi connectivity index (χ1v) is 17.7. The van der Waals surface area contributed by atoms with Gasteiger partial charge in [0.25, 0.3) is 0 Å². The van der Waals surface area contributed by atoms with E-state index in [1.165, 1.54) is 0 Å². The van der Waals surface area contributed by atoms with Crippen LogP contribution in [0, 0.1) is 0 Å². The summed E-state index contributed by atoms with van der Waals surface area (Å²) in [7, 11) is 0. The lowest BCUT2D eigenvalue weighted by Gasteiger charge is -2.24. The molecule has 1 aliphatic rings. The number of anilines is 2. The Morgan fingerprint density at radius 3 is 2.25 bits per heavy atom. The van der Waals surface area contributed by atoms with Gasteiger partial charge in [-0.2, -0.15) is 0 Å². The van der Waals surface area contributed by atoms with Crippen LogP contribution in [0.25, 0.3) is 22.4 Å². The summed E-state index contributed by atoms with van der Waals surface area (Å²) in [6.45, 7) is 3.06. The Morgan fingerprint density at radius 1 is 0.824 bits per heavy atom. The lowest BCUT2D eigenvalue weighted by molar-refractivity contribution is -0.136. The van der Waals surface area contributed by atoms with Gasteiger partial charge in [0, 0.05) is 42.9 Å². The average Bonchev–Trinajstić information content (AvgIpc) is 3.82. The first-order valence-electron chi connectivity index (χ1n) is 17.7. The Balaban J connectivity index is 1.05. The van der Waals surface area contributed by atoms with Crippen molar-refractivity contribution < 1.29 is 19.2 Å². The molecule has 1 saturated heterocycles. The van der Waals surface area contributed by atoms with Crippen molar-refractivity contribution in [2.24, 2.45) is 0 Å². The molecule has 10 nitrogen and oxygen atoms in total. The summed E-state index contributed by atoms with van der Waals surface area (Å²) in [5, 5.41) is 5.95. The molecule has 5 aromatic rings. The van der Waals surface area contributed by atoms with Crippen molar-refractivity contribution in [1.29, 1.82) is 0 Å². The second-order valence-electron chi connectivity index (χ2n) is 13.0. The molecule has 0 radical (unpaired) electrons. The number of hydrogen-bond donors (Lipinski definition) is 3. The van der Waals surface area contributed by atoms with Crippen LogP contribution in [-0.2, 0) is 32.0 Å². The summed E-state index contributed by atoms with van der Waals surface area (Å²) < 4.78 is 0. The Kier molecular flexibility index (Phi) is 11.5. The van der Waals surface area contributed by atoms with Crippen LogP contribution in [0.15, 0.2) is 103 Å². The first-order chi connectivity index (χ1) is 24.9. The third-order valence-electron chi connectivity index (χ3n) is 9.17. The zero-order chi connectivity index (χ0) is 35.6. The number of fused-ring (bicyclic) bond motifs is 1. The molecule has 0 bridgehead atoms. The highest BCUT2D eigenvalue weighted by Gasteiger charge is 2.33. The maximum Gasteiger partial charge on any atom is 0.247 e. The minimum atomic E-state index is -0.499. The molecule has 10 heteroatoms. The molecular weight excluding hydrogens is 640 g/mol. The number of rotatable bonds is 14. The normalized spacial score (nSPS) is 14.0. The van der Waals surface area contributed by atoms with Crippen molar-refractivity contribution in [3.63, 3.8) is 0 Å². The Morgan fingerprint density at radius 2 is 1.53 bits per heavy atom.